The number of methoxy groups -OCH3 is 1. The zero-order valence-electron chi connectivity index (χ0n) is 18.5. The van der Waals surface area contributed by atoms with Gasteiger partial charge in [0.25, 0.3) is 5.69 Å². The van der Waals surface area contributed by atoms with Crippen LogP contribution in [-0.4, -0.2) is 39.9 Å². The fourth-order valence-corrected chi connectivity index (χ4v) is 6.51. The molecule has 1 spiro atoms. The Morgan fingerprint density at radius 3 is 2.32 bits per heavy atom. The third kappa shape index (κ3) is 3.99. The molecule has 0 N–H and O–H groups in total. The number of esters is 2. The molecule has 34 heavy (non-hydrogen) atoms. The molecule has 4 rings (SSSR count). The number of benzene rings is 2. The number of carbonyl (C=O) groups excluding carboxylic acids is 2. The van der Waals surface area contributed by atoms with Crippen molar-refractivity contribution >= 4 is 57.6 Å². The molecule has 2 aromatic carbocycles. The largest absolute Gasteiger partial charge is 0.464 e. The number of anilines is 2. The smallest absolute Gasteiger partial charge is 0.365 e. The summed E-state index contributed by atoms with van der Waals surface area (Å²) in [5.41, 5.74) is 1.79. The Labute approximate surface area is 203 Å². The fourth-order valence-electron chi connectivity index (χ4n) is 3.54. The number of nitro groups is 1. The summed E-state index contributed by atoms with van der Waals surface area (Å²) in [5.74, 6) is -1.12. The molecule has 2 aliphatic rings. The summed E-state index contributed by atoms with van der Waals surface area (Å²) in [6.45, 7) is 3.73. The molecule has 0 fully saturated rings. The van der Waals surface area contributed by atoms with E-state index < -0.39 is 21.2 Å². The second-order valence-corrected chi connectivity index (χ2v) is 9.64. The molecule has 2 aromatic rings. The first kappa shape index (κ1) is 23.6. The van der Waals surface area contributed by atoms with Gasteiger partial charge in [0.2, 0.25) is 9.37 Å². The lowest BCUT2D eigenvalue weighted by Crippen LogP contribution is -2.49. The van der Waals surface area contributed by atoms with E-state index in [0.717, 1.165) is 17.4 Å². The van der Waals surface area contributed by atoms with E-state index in [1.165, 1.54) is 31.0 Å². The van der Waals surface area contributed by atoms with Gasteiger partial charge in [-0.3, -0.25) is 10.1 Å². The number of allylic oxidation sites excluding steroid dienone is 1. The number of nitrogens with zero attached hydrogens (tertiary/aromatic N) is 4. The van der Waals surface area contributed by atoms with Crippen molar-refractivity contribution in [3.8, 4) is 0 Å². The van der Waals surface area contributed by atoms with E-state index in [-0.39, 0.29) is 17.3 Å². The maximum atomic E-state index is 12.8. The monoisotopic (exact) mass is 500 g/mol. The highest BCUT2D eigenvalue weighted by Gasteiger charge is 2.58. The van der Waals surface area contributed by atoms with Crippen molar-refractivity contribution in [3.63, 3.8) is 0 Å². The van der Waals surface area contributed by atoms with E-state index in [9.17, 15) is 19.7 Å². The van der Waals surface area contributed by atoms with Gasteiger partial charge in [0.1, 0.15) is 4.91 Å². The zero-order chi connectivity index (χ0) is 24.5. The molecular weight excluding hydrogens is 480 g/mol. The van der Waals surface area contributed by atoms with Crippen molar-refractivity contribution in [3.05, 3.63) is 75.3 Å². The number of thioether (sulfide) groups is 2. The van der Waals surface area contributed by atoms with Crippen LogP contribution in [0, 0.1) is 10.1 Å². The molecule has 176 valence electrons. The molecule has 0 aliphatic carbocycles. The number of hydrogen-bond acceptors (Lipinski definition) is 11. The molecule has 0 radical (unpaired) electrons. The van der Waals surface area contributed by atoms with Gasteiger partial charge < -0.3 is 14.4 Å². The number of hydrazone groups is 1. The van der Waals surface area contributed by atoms with Crippen LogP contribution in [0.15, 0.2) is 70.3 Å². The lowest BCUT2D eigenvalue weighted by Gasteiger charge is -2.41. The van der Waals surface area contributed by atoms with Crippen LogP contribution < -0.4 is 9.91 Å². The summed E-state index contributed by atoms with van der Waals surface area (Å²) in [6.07, 6.45) is 0. The molecule has 0 bridgehead atoms. The molecule has 0 aromatic heterocycles. The third-order valence-electron chi connectivity index (χ3n) is 5.01. The van der Waals surface area contributed by atoms with Gasteiger partial charge in [-0.25, -0.2) is 14.6 Å². The predicted molar refractivity (Wildman–Crippen MR) is 131 cm³/mol. The Kier molecular flexibility index (Phi) is 6.53. The Balaban J connectivity index is 1.88. The highest BCUT2D eigenvalue weighted by Crippen LogP contribution is 2.60. The Bertz CT molecular complexity index is 1200. The number of nitro benzene ring substituents is 1. The van der Waals surface area contributed by atoms with Crippen LogP contribution in [-0.2, 0) is 19.1 Å². The van der Waals surface area contributed by atoms with Crippen molar-refractivity contribution in [1.82, 2.24) is 0 Å². The van der Waals surface area contributed by atoms with Crippen LogP contribution in [0.3, 0.4) is 0 Å². The molecule has 2 heterocycles. The van der Waals surface area contributed by atoms with Crippen LogP contribution in [0.4, 0.5) is 17.1 Å². The summed E-state index contributed by atoms with van der Waals surface area (Å²) < 4.78 is 9.04. The van der Waals surface area contributed by atoms with Crippen molar-refractivity contribution in [2.45, 2.75) is 18.2 Å². The Morgan fingerprint density at radius 2 is 1.74 bits per heavy atom. The van der Waals surface area contributed by atoms with E-state index in [2.05, 4.69) is 5.10 Å². The van der Waals surface area contributed by atoms with Gasteiger partial charge in [-0.05, 0) is 49.9 Å². The topological polar surface area (TPSA) is 115 Å². The Hall–Kier alpha value is -3.51. The van der Waals surface area contributed by atoms with Gasteiger partial charge >= 0.3 is 11.9 Å². The van der Waals surface area contributed by atoms with Crippen LogP contribution in [0.2, 0.25) is 0 Å². The lowest BCUT2D eigenvalue weighted by atomic mass is 10.2. The molecule has 0 saturated heterocycles. The molecular formula is C22H20N4O6S2. The van der Waals surface area contributed by atoms with Crippen molar-refractivity contribution in [2.24, 2.45) is 5.10 Å². The second kappa shape index (κ2) is 9.39. The average molecular weight is 501 g/mol. The van der Waals surface area contributed by atoms with Crippen molar-refractivity contribution in [2.75, 3.05) is 23.6 Å². The number of non-ortho nitro benzene ring substituents is 1. The first-order valence-electron chi connectivity index (χ1n) is 10.1. The third-order valence-corrected chi connectivity index (χ3v) is 7.86. The molecule has 0 amide bonds. The number of carbonyl (C=O) groups is 2. The fraction of sp³-hybridized carbons (Fsp3) is 0.227. The standard InChI is InChI=1S/C22H20N4O6S2/c1-4-32-20(27)18-14(2)24(15-8-6-5-7-9-15)22(33-18)25(23-19(34-22)21(28)31-3)16-10-12-17(13-11-16)26(29)30/h5-13H,4H2,1-3H3/t22-/m0/s1. The van der Waals surface area contributed by atoms with E-state index >= 15 is 0 Å². The lowest BCUT2D eigenvalue weighted by molar-refractivity contribution is -0.384. The van der Waals surface area contributed by atoms with Gasteiger partial charge in [0.05, 0.1) is 24.3 Å². The maximum Gasteiger partial charge on any atom is 0.365 e. The number of rotatable bonds is 6. The minimum Gasteiger partial charge on any atom is -0.464 e. The second-order valence-electron chi connectivity index (χ2n) is 7.04. The summed E-state index contributed by atoms with van der Waals surface area (Å²) in [4.78, 5) is 38.3. The van der Waals surface area contributed by atoms with E-state index in [1.54, 1.807) is 31.0 Å². The minimum atomic E-state index is -1.16. The van der Waals surface area contributed by atoms with Crippen molar-refractivity contribution in [1.29, 1.82) is 0 Å². The quantitative estimate of drug-likeness (QED) is 0.323. The first-order chi connectivity index (χ1) is 16.3. The van der Waals surface area contributed by atoms with Crippen molar-refractivity contribution < 1.29 is 24.0 Å². The predicted octanol–water partition coefficient (Wildman–Crippen LogP) is 4.29. The van der Waals surface area contributed by atoms with E-state index in [4.69, 9.17) is 9.47 Å². The van der Waals surface area contributed by atoms with E-state index in [1.807, 2.05) is 35.2 Å². The summed E-state index contributed by atoms with van der Waals surface area (Å²) in [7, 11) is 1.26. The van der Waals surface area contributed by atoms with Gasteiger partial charge in [-0.15, -0.1) is 0 Å². The van der Waals surface area contributed by atoms with Gasteiger partial charge in [0.15, 0.2) is 0 Å². The molecule has 0 unspecified atom stereocenters. The molecule has 10 nitrogen and oxygen atoms in total. The zero-order valence-corrected chi connectivity index (χ0v) is 20.1. The molecule has 2 aliphatic heterocycles. The normalized spacial score (nSPS) is 19.4. The summed E-state index contributed by atoms with van der Waals surface area (Å²) in [5, 5.41) is 17.3. The van der Waals surface area contributed by atoms with Gasteiger partial charge in [-0.1, -0.05) is 30.0 Å². The van der Waals surface area contributed by atoms with Crippen LogP contribution in [0.25, 0.3) is 0 Å². The number of hydrogen-bond donors (Lipinski definition) is 0. The maximum absolute atomic E-state index is 12.8. The number of ether oxygens (including phenoxy) is 2. The Morgan fingerprint density at radius 1 is 1.06 bits per heavy atom. The first-order valence-corrected chi connectivity index (χ1v) is 11.8. The molecule has 1 atom stereocenters. The summed E-state index contributed by atoms with van der Waals surface area (Å²) >= 11 is 2.31. The van der Waals surface area contributed by atoms with Crippen LogP contribution in [0.5, 0.6) is 0 Å². The summed E-state index contributed by atoms with van der Waals surface area (Å²) in [6, 6.07) is 15.2. The van der Waals surface area contributed by atoms with Gasteiger partial charge in [-0.2, -0.15) is 5.10 Å². The molecule has 12 heteroatoms. The van der Waals surface area contributed by atoms with Crippen LogP contribution >= 0.6 is 23.5 Å². The average Bonchev–Trinajstić information content (AvgIpc) is 3.36. The highest BCUT2D eigenvalue weighted by molar-refractivity contribution is 8.29. The minimum absolute atomic E-state index is 0.0761. The van der Waals surface area contributed by atoms with Crippen LogP contribution in [0.1, 0.15) is 13.8 Å². The molecule has 0 saturated carbocycles. The van der Waals surface area contributed by atoms with E-state index in [0.29, 0.717) is 16.3 Å². The van der Waals surface area contributed by atoms with Gasteiger partial charge in [0, 0.05) is 23.5 Å². The SMILES string of the molecule is CCOC(=O)C1=C(C)N(c2ccccc2)[C@@]2(SC(C(=O)OC)=NN2c2ccc([N+](=O)[O-])cc2)S1. The number of para-hydroxylation sites is 1. The highest BCUT2D eigenvalue weighted by atomic mass is 32.2.